The average Bonchev–Trinajstić information content (AvgIpc) is 2.19. The normalized spacial score (nSPS) is 15.1. The molecule has 1 aliphatic heterocycles. The Morgan fingerprint density at radius 1 is 1.47 bits per heavy atom. The van der Waals surface area contributed by atoms with Crippen molar-refractivity contribution in [1.82, 2.24) is 0 Å². The number of carbonyl (C=O) groups excluding carboxylic acids is 2. The van der Waals surface area contributed by atoms with Gasteiger partial charge in [-0.25, -0.2) is 0 Å². The zero-order valence-electron chi connectivity index (χ0n) is 8.29. The van der Waals surface area contributed by atoms with E-state index in [1.807, 2.05) is 0 Å². The summed E-state index contributed by atoms with van der Waals surface area (Å²) in [5.41, 5.74) is 1.21. The third kappa shape index (κ3) is 1.75. The number of fused-ring (bicyclic) bond motifs is 1. The van der Waals surface area contributed by atoms with Gasteiger partial charge in [0.05, 0.1) is 5.69 Å². The Kier molecular flexibility index (Phi) is 2.49. The number of rotatable bonds is 0. The lowest BCUT2D eigenvalue weighted by molar-refractivity contribution is -0.116. The molecule has 1 aromatic rings. The summed E-state index contributed by atoms with van der Waals surface area (Å²) in [5.74, 6) is -0.00364. The Balaban J connectivity index is 2.55. The van der Waals surface area contributed by atoms with E-state index in [1.165, 1.54) is 6.92 Å². The van der Waals surface area contributed by atoms with Crippen LogP contribution in [0.15, 0.2) is 18.2 Å². The summed E-state index contributed by atoms with van der Waals surface area (Å²) in [5, 5.41) is 0.521. The Bertz CT molecular complexity index is 442. The van der Waals surface area contributed by atoms with Gasteiger partial charge in [-0.15, -0.1) is 0 Å². The fourth-order valence-electron chi connectivity index (χ4n) is 1.76. The summed E-state index contributed by atoms with van der Waals surface area (Å²) in [7, 11) is 0. The maximum absolute atomic E-state index is 11.6. The van der Waals surface area contributed by atoms with Crippen LogP contribution in [0.25, 0.3) is 0 Å². The molecular weight excluding hydrogens is 214 g/mol. The van der Waals surface area contributed by atoms with Crippen LogP contribution in [-0.4, -0.2) is 18.2 Å². The Hall–Kier alpha value is -1.35. The van der Waals surface area contributed by atoms with Gasteiger partial charge in [0.25, 0.3) is 0 Å². The van der Waals surface area contributed by atoms with Crippen molar-refractivity contribution in [2.75, 3.05) is 11.4 Å². The summed E-state index contributed by atoms with van der Waals surface area (Å²) >= 11 is 5.81. The maximum atomic E-state index is 11.6. The standard InChI is InChI=1S/C11H10ClNO2/c1-7(14)13-5-4-11(15)9-6-8(12)2-3-10(9)13/h2-3,6H,4-5H2,1H3. The lowest BCUT2D eigenvalue weighted by atomic mass is 10.0. The van der Waals surface area contributed by atoms with Gasteiger partial charge < -0.3 is 4.90 Å². The van der Waals surface area contributed by atoms with Crippen LogP contribution in [0.2, 0.25) is 5.02 Å². The highest BCUT2D eigenvalue weighted by molar-refractivity contribution is 6.31. The molecule has 0 aromatic heterocycles. The summed E-state index contributed by atoms with van der Waals surface area (Å²) in [6.45, 7) is 1.96. The quantitative estimate of drug-likeness (QED) is 0.677. The molecule has 0 saturated carbocycles. The first-order chi connectivity index (χ1) is 7.09. The largest absolute Gasteiger partial charge is 0.311 e. The first kappa shape index (κ1) is 10.2. The highest BCUT2D eigenvalue weighted by atomic mass is 35.5. The van der Waals surface area contributed by atoms with Gasteiger partial charge in [-0.3, -0.25) is 9.59 Å². The number of hydrogen-bond acceptors (Lipinski definition) is 2. The molecule has 0 fully saturated rings. The van der Waals surface area contributed by atoms with E-state index in [-0.39, 0.29) is 11.7 Å². The van der Waals surface area contributed by atoms with E-state index < -0.39 is 0 Å². The number of halogens is 1. The van der Waals surface area contributed by atoms with Gasteiger partial charge in [-0.2, -0.15) is 0 Å². The number of amides is 1. The predicted octanol–water partition coefficient (Wildman–Crippen LogP) is 2.28. The number of nitrogens with zero attached hydrogens (tertiary/aromatic N) is 1. The van der Waals surface area contributed by atoms with E-state index in [4.69, 9.17) is 11.6 Å². The van der Waals surface area contributed by atoms with Crippen LogP contribution in [-0.2, 0) is 4.79 Å². The molecule has 1 heterocycles. The van der Waals surface area contributed by atoms with Crippen LogP contribution in [0, 0.1) is 0 Å². The Morgan fingerprint density at radius 3 is 2.87 bits per heavy atom. The third-order valence-corrected chi connectivity index (χ3v) is 2.73. The number of anilines is 1. The molecule has 78 valence electrons. The molecule has 1 aromatic carbocycles. The van der Waals surface area contributed by atoms with Crippen LogP contribution >= 0.6 is 11.6 Å². The summed E-state index contributed by atoms with van der Waals surface area (Å²) in [4.78, 5) is 24.5. The van der Waals surface area contributed by atoms with E-state index in [0.717, 1.165) is 0 Å². The molecule has 0 radical (unpaired) electrons. The zero-order valence-corrected chi connectivity index (χ0v) is 9.04. The van der Waals surface area contributed by atoms with Crippen molar-refractivity contribution < 1.29 is 9.59 Å². The highest BCUT2D eigenvalue weighted by Gasteiger charge is 2.25. The third-order valence-electron chi connectivity index (χ3n) is 2.49. The van der Waals surface area contributed by atoms with Gasteiger partial charge in [0.15, 0.2) is 5.78 Å². The molecule has 0 bridgehead atoms. The summed E-state index contributed by atoms with van der Waals surface area (Å²) in [6, 6.07) is 5.03. The molecule has 0 spiro atoms. The minimum atomic E-state index is -0.0499. The van der Waals surface area contributed by atoms with Crippen LogP contribution in [0.1, 0.15) is 23.7 Å². The summed E-state index contributed by atoms with van der Waals surface area (Å²) < 4.78 is 0. The van der Waals surface area contributed by atoms with E-state index in [9.17, 15) is 9.59 Å². The van der Waals surface area contributed by atoms with E-state index in [1.54, 1.807) is 23.1 Å². The number of ketones is 1. The molecular formula is C11H10ClNO2. The Labute approximate surface area is 92.6 Å². The summed E-state index contributed by atoms with van der Waals surface area (Å²) in [6.07, 6.45) is 0.368. The van der Waals surface area contributed by atoms with Gasteiger partial charge in [0, 0.05) is 30.5 Å². The molecule has 4 heteroatoms. The average molecular weight is 224 g/mol. The van der Waals surface area contributed by atoms with E-state index >= 15 is 0 Å². The van der Waals surface area contributed by atoms with Crippen molar-refractivity contribution >= 4 is 29.0 Å². The number of carbonyl (C=O) groups is 2. The first-order valence-corrected chi connectivity index (χ1v) is 5.08. The van der Waals surface area contributed by atoms with Crippen molar-refractivity contribution in [3.63, 3.8) is 0 Å². The van der Waals surface area contributed by atoms with Crippen LogP contribution in [0.4, 0.5) is 5.69 Å². The van der Waals surface area contributed by atoms with E-state index in [0.29, 0.717) is 29.2 Å². The highest BCUT2D eigenvalue weighted by Crippen LogP contribution is 2.29. The monoisotopic (exact) mass is 223 g/mol. The number of hydrogen-bond donors (Lipinski definition) is 0. The van der Waals surface area contributed by atoms with Crippen LogP contribution in [0.5, 0.6) is 0 Å². The molecule has 3 nitrogen and oxygen atoms in total. The first-order valence-electron chi connectivity index (χ1n) is 4.70. The molecule has 0 saturated heterocycles. The molecule has 1 amide bonds. The lowest BCUT2D eigenvalue weighted by Crippen LogP contribution is -2.35. The molecule has 0 aliphatic carbocycles. The SMILES string of the molecule is CC(=O)N1CCC(=O)c2cc(Cl)ccc21. The van der Waals surface area contributed by atoms with Gasteiger partial charge in [0.1, 0.15) is 0 Å². The molecule has 0 atom stereocenters. The van der Waals surface area contributed by atoms with Gasteiger partial charge in [-0.05, 0) is 18.2 Å². The van der Waals surface area contributed by atoms with Crippen molar-refractivity contribution in [1.29, 1.82) is 0 Å². The lowest BCUT2D eigenvalue weighted by Gasteiger charge is -2.27. The second-order valence-corrected chi connectivity index (χ2v) is 3.94. The molecule has 2 rings (SSSR count). The smallest absolute Gasteiger partial charge is 0.223 e. The van der Waals surface area contributed by atoms with Gasteiger partial charge in [-0.1, -0.05) is 11.6 Å². The number of benzene rings is 1. The van der Waals surface area contributed by atoms with E-state index in [2.05, 4.69) is 0 Å². The minimum Gasteiger partial charge on any atom is -0.311 e. The van der Waals surface area contributed by atoms with Crippen molar-refractivity contribution in [3.05, 3.63) is 28.8 Å². The minimum absolute atomic E-state index is 0.0463. The van der Waals surface area contributed by atoms with Crippen molar-refractivity contribution in [2.45, 2.75) is 13.3 Å². The molecule has 15 heavy (non-hydrogen) atoms. The molecule has 0 N–H and O–H groups in total. The van der Waals surface area contributed by atoms with Crippen molar-refractivity contribution in [2.24, 2.45) is 0 Å². The fourth-order valence-corrected chi connectivity index (χ4v) is 1.93. The zero-order chi connectivity index (χ0) is 11.0. The molecule has 1 aliphatic rings. The number of Topliss-reactive ketones (excluding diaryl/α,β-unsaturated/α-hetero) is 1. The predicted molar refractivity (Wildman–Crippen MR) is 58.4 cm³/mol. The van der Waals surface area contributed by atoms with Crippen molar-refractivity contribution in [3.8, 4) is 0 Å². The molecule has 0 unspecified atom stereocenters. The second-order valence-electron chi connectivity index (χ2n) is 3.51. The second kappa shape index (κ2) is 3.66. The van der Waals surface area contributed by atoms with Crippen LogP contribution in [0.3, 0.4) is 0 Å². The Morgan fingerprint density at radius 2 is 2.20 bits per heavy atom. The maximum Gasteiger partial charge on any atom is 0.223 e. The topological polar surface area (TPSA) is 37.4 Å². The van der Waals surface area contributed by atoms with Gasteiger partial charge >= 0.3 is 0 Å². The fraction of sp³-hybridized carbons (Fsp3) is 0.273. The van der Waals surface area contributed by atoms with Crippen LogP contribution < -0.4 is 4.90 Å². The van der Waals surface area contributed by atoms with Gasteiger partial charge in [0.2, 0.25) is 5.91 Å².